The average molecular weight is 272 g/mol. The van der Waals surface area contributed by atoms with Gasteiger partial charge in [0.15, 0.2) is 0 Å². The number of fused-ring (bicyclic) bond motifs is 1. The van der Waals surface area contributed by atoms with E-state index in [1.165, 1.54) is 30.1 Å². The quantitative estimate of drug-likeness (QED) is 0.789. The molecular formula is C13H8N2O3S. The maximum absolute atomic E-state index is 10.9. The minimum absolute atomic E-state index is 0.205. The molecule has 1 N–H and O–H groups in total. The molecule has 94 valence electrons. The molecule has 0 unspecified atom stereocenters. The predicted molar refractivity (Wildman–Crippen MR) is 69.3 cm³/mol. The highest BCUT2D eigenvalue weighted by Gasteiger charge is 2.09. The zero-order valence-corrected chi connectivity index (χ0v) is 10.4. The molecular weight excluding hydrogens is 264 g/mol. The van der Waals surface area contributed by atoms with Gasteiger partial charge < -0.3 is 9.52 Å². The van der Waals surface area contributed by atoms with Crippen LogP contribution < -0.4 is 0 Å². The minimum atomic E-state index is -0.973. The van der Waals surface area contributed by atoms with Crippen LogP contribution in [0.2, 0.25) is 0 Å². The van der Waals surface area contributed by atoms with Crippen LogP contribution in [-0.2, 0) is 0 Å². The average Bonchev–Trinajstić information content (AvgIpc) is 2.88. The van der Waals surface area contributed by atoms with E-state index >= 15 is 0 Å². The largest absolute Gasteiger partial charge is 0.478 e. The predicted octanol–water partition coefficient (Wildman–Crippen LogP) is 3.07. The monoisotopic (exact) mass is 272 g/mol. The highest BCUT2D eigenvalue weighted by atomic mass is 32.2. The van der Waals surface area contributed by atoms with Crippen molar-refractivity contribution in [3.8, 4) is 0 Å². The summed E-state index contributed by atoms with van der Waals surface area (Å²) in [6.07, 6.45) is 4.72. The summed E-state index contributed by atoms with van der Waals surface area (Å²) in [5, 5.41) is 11.2. The molecule has 5 nitrogen and oxygen atoms in total. The molecule has 0 fully saturated rings. The van der Waals surface area contributed by atoms with E-state index < -0.39 is 5.97 Å². The molecule has 6 heteroatoms. The van der Waals surface area contributed by atoms with E-state index in [9.17, 15) is 4.79 Å². The van der Waals surface area contributed by atoms with Gasteiger partial charge in [-0.3, -0.25) is 0 Å². The molecule has 3 heterocycles. The van der Waals surface area contributed by atoms with E-state index in [4.69, 9.17) is 9.52 Å². The maximum atomic E-state index is 10.9. The van der Waals surface area contributed by atoms with E-state index in [1.54, 1.807) is 18.5 Å². The first kappa shape index (κ1) is 11.7. The van der Waals surface area contributed by atoms with E-state index in [0.29, 0.717) is 5.03 Å². The van der Waals surface area contributed by atoms with Gasteiger partial charge in [-0.15, -0.1) is 0 Å². The standard InChI is InChI=1S/C13H8N2O3S/c16-13(17)8-1-4-14-11(7-8)19-12-9-3-6-18-10(9)2-5-15-12/h1-7H,(H,16,17). The molecule has 0 saturated carbocycles. The van der Waals surface area contributed by atoms with Gasteiger partial charge in [0.1, 0.15) is 15.6 Å². The first-order valence-electron chi connectivity index (χ1n) is 5.43. The van der Waals surface area contributed by atoms with Crippen LogP contribution in [0.25, 0.3) is 11.0 Å². The van der Waals surface area contributed by atoms with Crippen molar-refractivity contribution in [1.82, 2.24) is 9.97 Å². The summed E-state index contributed by atoms with van der Waals surface area (Å²) in [7, 11) is 0. The molecule has 0 spiro atoms. The number of rotatable bonds is 3. The number of pyridine rings is 2. The number of nitrogens with zero attached hydrogens (tertiary/aromatic N) is 2. The SMILES string of the molecule is O=C(O)c1ccnc(Sc2nccc3occc23)c1. The number of carbonyl (C=O) groups is 1. The minimum Gasteiger partial charge on any atom is -0.478 e. The topological polar surface area (TPSA) is 76.2 Å². The Morgan fingerprint density at radius 3 is 2.89 bits per heavy atom. The zero-order valence-electron chi connectivity index (χ0n) is 9.61. The van der Waals surface area contributed by atoms with Crippen LogP contribution in [0, 0.1) is 0 Å². The van der Waals surface area contributed by atoms with Crippen LogP contribution in [0.3, 0.4) is 0 Å². The van der Waals surface area contributed by atoms with Gasteiger partial charge in [-0.2, -0.15) is 0 Å². The zero-order chi connectivity index (χ0) is 13.2. The first-order chi connectivity index (χ1) is 9.24. The van der Waals surface area contributed by atoms with Crippen molar-refractivity contribution in [2.24, 2.45) is 0 Å². The molecule has 19 heavy (non-hydrogen) atoms. The Labute approximate surface area is 112 Å². The van der Waals surface area contributed by atoms with Crippen molar-refractivity contribution < 1.29 is 14.3 Å². The lowest BCUT2D eigenvalue weighted by Crippen LogP contribution is -1.96. The second-order valence-electron chi connectivity index (χ2n) is 3.74. The Hall–Kier alpha value is -2.34. The van der Waals surface area contributed by atoms with Gasteiger partial charge >= 0.3 is 5.97 Å². The fraction of sp³-hybridized carbons (Fsp3) is 0. The molecule has 0 radical (unpaired) electrons. The van der Waals surface area contributed by atoms with Crippen molar-refractivity contribution >= 4 is 28.7 Å². The number of carboxylic acid groups (broad SMARTS) is 1. The molecule has 3 aromatic rings. The van der Waals surface area contributed by atoms with Gasteiger partial charge in [-0.1, -0.05) is 0 Å². The molecule has 3 rings (SSSR count). The third kappa shape index (κ3) is 2.30. The molecule has 0 aliphatic carbocycles. The molecule has 0 aliphatic rings. The molecule has 0 aromatic carbocycles. The van der Waals surface area contributed by atoms with Gasteiger partial charge in [0.2, 0.25) is 0 Å². The Morgan fingerprint density at radius 2 is 2.05 bits per heavy atom. The van der Waals surface area contributed by atoms with Gasteiger partial charge in [0.25, 0.3) is 0 Å². The summed E-state index contributed by atoms with van der Waals surface area (Å²) in [4.78, 5) is 19.3. The Balaban J connectivity index is 1.99. The summed E-state index contributed by atoms with van der Waals surface area (Å²) < 4.78 is 5.29. The smallest absolute Gasteiger partial charge is 0.335 e. The fourth-order valence-electron chi connectivity index (χ4n) is 1.65. The molecule has 0 amide bonds. The Kier molecular flexibility index (Phi) is 2.92. The summed E-state index contributed by atoms with van der Waals surface area (Å²) in [6.45, 7) is 0. The highest BCUT2D eigenvalue weighted by Crippen LogP contribution is 2.31. The van der Waals surface area contributed by atoms with Crippen molar-refractivity contribution in [2.75, 3.05) is 0 Å². The molecule has 0 atom stereocenters. The summed E-state index contributed by atoms with van der Waals surface area (Å²) in [5.74, 6) is -0.973. The van der Waals surface area contributed by atoms with E-state index in [0.717, 1.165) is 16.0 Å². The highest BCUT2D eigenvalue weighted by molar-refractivity contribution is 7.99. The normalized spacial score (nSPS) is 10.7. The number of aromatic carboxylic acids is 1. The molecule has 0 saturated heterocycles. The van der Waals surface area contributed by atoms with Crippen LogP contribution in [0.4, 0.5) is 0 Å². The van der Waals surface area contributed by atoms with Crippen LogP contribution in [0.15, 0.2) is 57.4 Å². The van der Waals surface area contributed by atoms with Crippen LogP contribution in [0.5, 0.6) is 0 Å². The van der Waals surface area contributed by atoms with Crippen LogP contribution in [0.1, 0.15) is 10.4 Å². The summed E-state index contributed by atoms with van der Waals surface area (Å²) in [6, 6.07) is 6.58. The summed E-state index contributed by atoms with van der Waals surface area (Å²) in [5.41, 5.74) is 0.948. The van der Waals surface area contributed by atoms with Crippen LogP contribution in [-0.4, -0.2) is 21.0 Å². The lowest BCUT2D eigenvalue weighted by molar-refractivity contribution is 0.0696. The third-order valence-electron chi connectivity index (χ3n) is 2.53. The lowest BCUT2D eigenvalue weighted by Gasteiger charge is -2.02. The van der Waals surface area contributed by atoms with Crippen molar-refractivity contribution in [1.29, 1.82) is 0 Å². The molecule has 0 aliphatic heterocycles. The van der Waals surface area contributed by atoms with Crippen molar-refractivity contribution in [3.05, 3.63) is 48.5 Å². The second kappa shape index (κ2) is 4.74. The Morgan fingerprint density at radius 1 is 1.21 bits per heavy atom. The third-order valence-corrected chi connectivity index (χ3v) is 3.48. The lowest BCUT2D eigenvalue weighted by atomic mass is 10.3. The maximum Gasteiger partial charge on any atom is 0.335 e. The fourth-order valence-corrected chi connectivity index (χ4v) is 2.54. The van der Waals surface area contributed by atoms with E-state index in [2.05, 4.69) is 9.97 Å². The number of carboxylic acids is 1. The first-order valence-corrected chi connectivity index (χ1v) is 6.25. The second-order valence-corrected chi connectivity index (χ2v) is 4.75. The van der Waals surface area contributed by atoms with Gasteiger partial charge in [0.05, 0.1) is 17.2 Å². The number of hydrogen-bond donors (Lipinski definition) is 1. The van der Waals surface area contributed by atoms with Gasteiger partial charge in [0, 0.05) is 12.4 Å². The van der Waals surface area contributed by atoms with E-state index in [1.807, 2.05) is 6.07 Å². The molecule has 3 aromatic heterocycles. The number of aromatic nitrogens is 2. The van der Waals surface area contributed by atoms with Gasteiger partial charge in [-0.05, 0) is 36.0 Å². The van der Waals surface area contributed by atoms with Crippen LogP contribution >= 0.6 is 11.8 Å². The van der Waals surface area contributed by atoms with E-state index in [-0.39, 0.29) is 5.56 Å². The Bertz CT molecular complexity index is 754. The number of hydrogen-bond acceptors (Lipinski definition) is 5. The van der Waals surface area contributed by atoms with Crippen molar-refractivity contribution in [2.45, 2.75) is 10.1 Å². The number of furan rings is 1. The van der Waals surface area contributed by atoms with Gasteiger partial charge in [-0.25, -0.2) is 14.8 Å². The summed E-state index contributed by atoms with van der Waals surface area (Å²) >= 11 is 1.31. The van der Waals surface area contributed by atoms with Crippen molar-refractivity contribution in [3.63, 3.8) is 0 Å². The molecule has 0 bridgehead atoms.